The summed E-state index contributed by atoms with van der Waals surface area (Å²) in [6, 6.07) is 5.72. The van der Waals surface area contributed by atoms with Gasteiger partial charge < -0.3 is 39.0 Å². The van der Waals surface area contributed by atoms with E-state index in [1.165, 1.54) is 24.3 Å². The van der Waals surface area contributed by atoms with Crippen LogP contribution >= 0.6 is 0 Å². The van der Waals surface area contributed by atoms with Gasteiger partial charge in [-0.05, 0) is 37.0 Å². The molecule has 10 nitrogen and oxygen atoms in total. The zero-order valence-corrected chi connectivity index (χ0v) is 19.3. The van der Waals surface area contributed by atoms with E-state index in [-0.39, 0.29) is 49.1 Å². The van der Waals surface area contributed by atoms with Crippen LogP contribution in [0.25, 0.3) is 0 Å². The van der Waals surface area contributed by atoms with Crippen LogP contribution in [0.5, 0.6) is 0 Å². The van der Waals surface area contributed by atoms with Crippen molar-refractivity contribution in [2.45, 2.75) is 44.2 Å². The van der Waals surface area contributed by atoms with Crippen molar-refractivity contribution in [2.24, 2.45) is 11.8 Å². The fourth-order valence-electron chi connectivity index (χ4n) is 3.87. The quantitative estimate of drug-likeness (QED) is 0.254. The lowest BCUT2D eigenvalue weighted by Gasteiger charge is -2.21. The van der Waals surface area contributed by atoms with Crippen LogP contribution < -0.4 is 0 Å². The van der Waals surface area contributed by atoms with E-state index in [1.54, 1.807) is 0 Å². The first-order chi connectivity index (χ1) is 16.4. The number of benzene rings is 1. The van der Waals surface area contributed by atoms with Crippen LogP contribution in [0.3, 0.4) is 0 Å². The Kier molecular flexibility index (Phi) is 10.2. The Balaban J connectivity index is 1.39. The number of ether oxygens (including phenoxy) is 5. The predicted molar refractivity (Wildman–Crippen MR) is 118 cm³/mol. The largest absolute Gasteiger partial charge is 0.459 e. The molecule has 1 aliphatic heterocycles. The van der Waals surface area contributed by atoms with E-state index in [4.69, 9.17) is 28.8 Å². The molecule has 1 aliphatic carbocycles. The lowest BCUT2D eigenvalue weighted by molar-refractivity contribution is -0.0584. The molecular weight excluding hydrogens is 448 g/mol. The highest BCUT2D eigenvalue weighted by molar-refractivity contribution is 5.95. The van der Waals surface area contributed by atoms with Gasteiger partial charge in [0.25, 0.3) is 0 Å². The normalized spacial score (nSPS) is 25.5. The Morgan fingerprint density at radius 1 is 1.03 bits per heavy atom. The predicted octanol–water partition coefficient (Wildman–Crippen LogP) is 0.561. The number of esters is 2. The van der Waals surface area contributed by atoms with E-state index < -0.39 is 30.8 Å². The number of carbonyl (C=O) groups is 2. The summed E-state index contributed by atoms with van der Waals surface area (Å²) in [6.07, 6.45) is -0.0759. The van der Waals surface area contributed by atoms with Gasteiger partial charge in [0, 0.05) is 5.92 Å². The van der Waals surface area contributed by atoms with Crippen LogP contribution in [0.2, 0.25) is 0 Å². The second-order valence-corrected chi connectivity index (χ2v) is 8.97. The van der Waals surface area contributed by atoms with Gasteiger partial charge in [-0.1, -0.05) is 13.0 Å². The minimum atomic E-state index is -1.17. The standard InChI is InChI=1S/C24H34O10/c1-15-5-18(9-30-13-21-14-31-21)22(6-15)32-11-20(27)12-34-24(29)17-4-2-3-16(7-17)23(28)33-10-19(26)8-25/h2-4,7,15,18-22,25-27H,5-6,8-14H2,1H3. The Hall–Kier alpha value is -2.08. The Morgan fingerprint density at radius 3 is 2.29 bits per heavy atom. The van der Waals surface area contributed by atoms with Crippen LogP contribution in [-0.4, -0.2) is 97.9 Å². The molecule has 6 unspecified atom stereocenters. The van der Waals surface area contributed by atoms with Gasteiger partial charge in [0.15, 0.2) is 0 Å². The van der Waals surface area contributed by atoms with Gasteiger partial charge in [0.2, 0.25) is 0 Å². The summed E-state index contributed by atoms with van der Waals surface area (Å²) >= 11 is 0. The molecule has 34 heavy (non-hydrogen) atoms. The van der Waals surface area contributed by atoms with E-state index in [2.05, 4.69) is 6.92 Å². The molecule has 1 saturated carbocycles. The van der Waals surface area contributed by atoms with Crippen LogP contribution in [0.4, 0.5) is 0 Å². The van der Waals surface area contributed by atoms with Crippen molar-refractivity contribution in [1.29, 1.82) is 0 Å². The molecule has 0 radical (unpaired) electrons. The maximum absolute atomic E-state index is 12.3. The number of epoxide rings is 1. The second-order valence-electron chi connectivity index (χ2n) is 8.97. The maximum Gasteiger partial charge on any atom is 0.338 e. The summed E-state index contributed by atoms with van der Waals surface area (Å²) in [6.45, 7) is 3.00. The van der Waals surface area contributed by atoms with Crippen LogP contribution in [0.1, 0.15) is 40.5 Å². The lowest BCUT2D eigenvalue weighted by atomic mass is 10.1. The van der Waals surface area contributed by atoms with Crippen molar-refractivity contribution in [3.8, 4) is 0 Å². The average Bonchev–Trinajstić information content (AvgIpc) is 3.60. The minimum absolute atomic E-state index is 0.0208. The van der Waals surface area contributed by atoms with Crippen molar-refractivity contribution >= 4 is 11.9 Å². The molecule has 1 aromatic carbocycles. The number of rotatable bonds is 14. The molecule has 1 heterocycles. The summed E-state index contributed by atoms with van der Waals surface area (Å²) in [5.74, 6) is -0.683. The van der Waals surface area contributed by atoms with Gasteiger partial charge in [0.1, 0.15) is 31.5 Å². The molecule has 0 aromatic heterocycles. The van der Waals surface area contributed by atoms with E-state index >= 15 is 0 Å². The van der Waals surface area contributed by atoms with E-state index in [9.17, 15) is 19.8 Å². The topological polar surface area (TPSA) is 144 Å². The van der Waals surface area contributed by atoms with E-state index in [0.717, 1.165) is 19.4 Å². The Morgan fingerprint density at radius 2 is 1.68 bits per heavy atom. The molecular formula is C24H34O10. The second kappa shape index (κ2) is 13.1. The average molecular weight is 483 g/mol. The highest BCUT2D eigenvalue weighted by atomic mass is 16.6. The van der Waals surface area contributed by atoms with Crippen molar-refractivity contribution in [1.82, 2.24) is 0 Å². The first kappa shape index (κ1) is 26.5. The van der Waals surface area contributed by atoms with Crippen molar-refractivity contribution < 1.29 is 48.6 Å². The van der Waals surface area contributed by atoms with Gasteiger partial charge in [0.05, 0.1) is 50.3 Å². The van der Waals surface area contributed by atoms with Crippen LogP contribution in [0, 0.1) is 11.8 Å². The molecule has 0 spiro atoms. The fraction of sp³-hybridized carbons (Fsp3) is 0.667. The summed E-state index contributed by atoms with van der Waals surface area (Å²) in [5.41, 5.74) is 0.215. The summed E-state index contributed by atoms with van der Waals surface area (Å²) in [7, 11) is 0. The zero-order chi connectivity index (χ0) is 24.5. The Bertz CT molecular complexity index is 796. The first-order valence-electron chi connectivity index (χ1n) is 11.6. The van der Waals surface area contributed by atoms with Crippen molar-refractivity contribution in [3.63, 3.8) is 0 Å². The SMILES string of the molecule is CC1CC(COCC2CO2)C(OCC(O)COC(=O)c2cccc(C(=O)OCC(O)CO)c2)C1. The summed E-state index contributed by atoms with van der Waals surface area (Å²) in [4.78, 5) is 24.4. The number of aliphatic hydroxyl groups is 3. The van der Waals surface area contributed by atoms with Gasteiger partial charge >= 0.3 is 11.9 Å². The van der Waals surface area contributed by atoms with Crippen molar-refractivity contribution in [3.05, 3.63) is 35.4 Å². The summed E-state index contributed by atoms with van der Waals surface area (Å²) in [5, 5.41) is 28.3. The molecule has 2 fully saturated rings. The third-order valence-corrected chi connectivity index (χ3v) is 5.76. The highest BCUT2D eigenvalue weighted by Crippen LogP contribution is 2.33. The first-order valence-corrected chi connectivity index (χ1v) is 11.6. The van der Waals surface area contributed by atoms with Crippen LogP contribution in [-0.2, 0) is 23.7 Å². The van der Waals surface area contributed by atoms with Gasteiger partial charge in [-0.25, -0.2) is 9.59 Å². The third kappa shape index (κ3) is 8.61. The van der Waals surface area contributed by atoms with Gasteiger partial charge in [-0.15, -0.1) is 0 Å². The third-order valence-electron chi connectivity index (χ3n) is 5.76. The fourth-order valence-corrected chi connectivity index (χ4v) is 3.87. The smallest absolute Gasteiger partial charge is 0.338 e. The van der Waals surface area contributed by atoms with Crippen LogP contribution in [0.15, 0.2) is 24.3 Å². The number of hydrogen-bond donors (Lipinski definition) is 3. The zero-order valence-electron chi connectivity index (χ0n) is 19.3. The molecule has 0 bridgehead atoms. The molecule has 190 valence electrons. The number of carbonyl (C=O) groups excluding carboxylic acids is 2. The minimum Gasteiger partial charge on any atom is -0.459 e. The molecule has 2 aliphatic rings. The molecule has 6 atom stereocenters. The lowest BCUT2D eigenvalue weighted by Crippen LogP contribution is -2.30. The number of aliphatic hydroxyl groups excluding tert-OH is 3. The van der Waals surface area contributed by atoms with Gasteiger partial charge in [-0.3, -0.25) is 0 Å². The van der Waals surface area contributed by atoms with Crippen molar-refractivity contribution in [2.75, 3.05) is 46.2 Å². The molecule has 0 amide bonds. The molecule has 3 N–H and O–H groups in total. The molecule has 1 aromatic rings. The highest BCUT2D eigenvalue weighted by Gasteiger charge is 2.34. The summed E-state index contributed by atoms with van der Waals surface area (Å²) < 4.78 is 26.8. The molecule has 10 heteroatoms. The Labute approximate surface area is 198 Å². The molecule has 3 rings (SSSR count). The monoisotopic (exact) mass is 482 g/mol. The van der Waals surface area contributed by atoms with E-state index in [0.29, 0.717) is 19.1 Å². The van der Waals surface area contributed by atoms with Gasteiger partial charge in [-0.2, -0.15) is 0 Å². The maximum atomic E-state index is 12.3. The molecule has 1 saturated heterocycles. The van der Waals surface area contributed by atoms with E-state index in [1.807, 2.05) is 0 Å². The number of hydrogen-bond acceptors (Lipinski definition) is 10.